The minimum atomic E-state index is -3.22. The van der Waals surface area contributed by atoms with Gasteiger partial charge < -0.3 is 5.32 Å². The van der Waals surface area contributed by atoms with E-state index in [-0.39, 0.29) is 12.3 Å². The molecule has 0 radical (unpaired) electrons. The van der Waals surface area contributed by atoms with E-state index in [2.05, 4.69) is 20.2 Å². The highest BCUT2D eigenvalue weighted by atomic mass is 32.2. The molecule has 1 rings (SSSR count). The molecule has 0 aromatic carbocycles. The first-order valence-corrected chi connectivity index (χ1v) is 6.18. The summed E-state index contributed by atoms with van der Waals surface area (Å²) in [4.78, 5) is 0. The summed E-state index contributed by atoms with van der Waals surface area (Å²) >= 11 is 0. The Morgan fingerprint density at radius 2 is 2.27 bits per heavy atom. The predicted octanol–water partition coefficient (Wildman–Crippen LogP) is -0.885. The highest BCUT2D eigenvalue weighted by Crippen LogP contribution is 1.92. The van der Waals surface area contributed by atoms with Crippen molar-refractivity contribution in [3.63, 3.8) is 0 Å². The molecule has 2 N–H and O–H groups in total. The van der Waals surface area contributed by atoms with Crippen molar-refractivity contribution in [1.82, 2.24) is 20.2 Å². The molecule has 1 aromatic rings. The zero-order valence-electron chi connectivity index (χ0n) is 8.47. The summed E-state index contributed by atoms with van der Waals surface area (Å²) in [5.74, 6) is 0.0593. The monoisotopic (exact) mass is 230 g/mol. The molecule has 0 atom stereocenters. The third-order valence-electron chi connectivity index (χ3n) is 1.72. The average Bonchev–Trinajstić information content (AvgIpc) is 2.25. The maximum Gasteiger partial charge on any atom is 0.213 e. The predicted molar refractivity (Wildman–Crippen MR) is 56.6 cm³/mol. The van der Waals surface area contributed by atoms with E-state index in [1.54, 1.807) is 25.4 Å². The van der Waals surface area contributed by atoms with E-state index in [4.69, 9.17) is 0 Å². The molecule has 0 saturated carbocycles. The second-order valence-corrected chi connectivity index (χ2v) is 4.88. The van der Waals surface area contributed by atoms with Crippen molar-refractivity contribution in [2.75, 3.05) is 19.3 Å². The Labute approximate surface area is 89.2 Å². The van der Waals surface area contributed by atoms with Crippen molar-refractivity contribution in [3.05, 3.63) is 24.0 Å². The van der Waals surface area contributed by atoms with Gasteiger partial charge in [0.1, 0.15) is 0 Å². The number of nitrogens with one attached hydrogen (secondary N) is 2. The molecule has 0 fully saturated rings. The fourth-order valence-electron chi connectivity index (χ4n) is 0.920. The Balaban J connectivity index is 2.43. The van der Waals surface area contributed by atoms with Crippen LogP contribution in [0.15, 0.2) is 18.3 Å². The Morgan fingerprint density at radius 1 is 1.47 bits per heavy atom. The molecule has 1 heterocycles. The summed E-state index contributed by atoms with van der Waals surface area (Å²) in [6.45, 7) is 0.607. The van der Waals surface area contributed by atoms with Crippen LogP contribution in [0.3, 0.4) is 0 Å². The molecule has 0 unspecified atom stereocenters. The van der Waals surface area contributed by atoms with Gasteiger partial charge in [0.25, 0.3) is 0 Å². The Morgan fingerprint density at radius 3 is 2.87 bits per heavy atom. The smallest absolute Gasteiger partial charge is 0.213 e. The average molecular weight is 230 g/mol. The molecular formula is C8H14N4O2S. The number of rotatable bonds is 6. The second kappa shape index (κ2) is 5.74. The standard InChI is InChI=1S/C8H14N4O2S/c1-9-5-6-15(13,14)11-7-8-3-2-4-10-12-8/h2-4,9,11H,5-7H2,1H3. The first-order valence-electron chi connectivity index (χ1n) is 4.52. The van der Waals surface area contributed by atoms with Crippen molar-refractivity contribution in [3.8, 4) is 0 Å². The van der Waals surface area contributed by atoms with E-state index in [9.17, 15) is 8.42 Å². The summed E-state index contributed by atoms with van der Waals surface area (Å²) in [6.07, 6.45) is 1.54. The van der Waals surface area contributed by atoms with Crippen LogP contribution in [0.1, 0.15) is 5.69 Å². The van der Waals surface area contributed by atoms with E-state index in [0.717, 1.165) is 0 Å². The third-order valence-corrected chi connectivity index (χ3v) is 3.05. The van der Waals surface area contributed by atoms with Gasteiger partial charge in [-0.2, -0.15) is 10.2 Å². The summed E-state index contributed by atoms with van der Waals surface area (Å²) in [6, 6.07) is 3.43. The van der Waals surface area contributed by atoms with Crippen LogP contribution in [0.5, 0.6) is 0 Å². The van der Waals surface area contributed by atoms with Crippen LogP contribution in [-0.4, -0.2) is 38.0 Å². The van der Waals surface area contributed by atoms with Gasteiger partial charge in [0, 0.05) is 12.7 Å². The van der Waals surface area contributed by atoms with E-state index in [1.165, 1.54) is 0 Å². The van der Waals surface area contributed by atoms with Crippen LogP contribution < -0.4 is 10.0 Å². The highest BCUT2D eigenvalue weighted by Gasteiger charge is 2.08. The van der Waals surface area contributed by atoms with Crippen molar-refractivity contribution in [1.29, 1.82) is 0 Å². The van der Waals surface area contributed by atoms with Gasteiger partial charge in [0.2, 0.25) is 10.0 Å². The zero-order chi connectivity index (χ0) is 11.1. The van der Waals surface area contributed by atoms with Crippen LogP contribution in [0.25, 0.3) is 0 Å². The van der Waals surface area contributed by atoms with E-state index < -0.39 is 10.0 Å². The Bertz CT molecular complexity index is 379. The van der Waals surface area contributed by atoms with Crippen molar-refractivity contribution >= 4 is 10.0 Å². The molecule has 84 valence electrons. The van der Waals surface area contributed by atoms with Crippen LogP contribution in [0, 0.1) is 0 Å². The fraction of sp³-hybridized carbons (Fsp3) is 0.500. The molecule has 7 heteroatoms. The quantitative estimate of drug-likeness (QED) is 0.662. The van der Waals surface area contributed by atoms with Gasteiger partial charge in [-0.25, -0.2) is 13.1 Å². The molecule has 1 aromatic heterocycles. The van der Waals surface area contributed by atoms with Crippen molar-refractivity contribution in [2.45, 2.75) is 6.54 Å². The molecule has 0 aliphatic heterocycles. The van der Waals surface area contributed by atoms with Crippen LogP contribution in [0.4, 0.5) is 0 Å². The number of hydrogen-bond acceptors (Lipinski definition) is 5. The number of hydrogen-bond donors (Lipinski definition) is 2. The zero-order valence-corrected chi connectivity index (χ0v) is 9.29. The third kappa shape index (κ3) is 4.82. The van der Waals surface area contributed by atoms with Gasteiger partial charge in [-0.3, -0.25) is 0 Å². The molecule has 0 aliphatic carbocycles. The lowest BCUT2D eigenvalue weighted by Gasteiger charge is -2.04. The van der Waals surface area contributed by atoms with Gasteiger partial charge in [-0.05, 0) is 19.2 Å². The lowest BCUT2D eigenvalue weighted by molar-refractivity contribution is 0.577. The maximum absolute atomic E-state index is 11.4. The molecule has 0 aliphatic rings. The van der Waals surface area contributed by atoms with E-state index in [0.29, 0.717) is 12.2 Å². The van der Waals surface area contributed by atoms with Gasteiger partial charge in [-0.15, -0.1) is 0 Å². The Hall–Kier alpha value is -1.05. The minimum absolute atomic E-state index is 0.0593. The SMILES string of the molecule is CNCCS(=O)(=O)NCc1cccnn1. The first-order chi connectivity index (χ1) is 7.14. The van der Waals surface area contributed by atoms with Crippen molar-refractivity contribution in [2.24, 2.45) is 0 Å². The van der Waals surface area contributed by atoms with E-state index in [1.807, 2.05) is 0 Å². The molecule has 6 nitrogen and oxygen atoms in total. The van der Waals surface area contributed by atoms with Crippen LogP contribution >= 0.6 is 0 Å². The normalized spacial score (nSPS) is 11.5. The number of sulfonamides is 1. The van der Waals surface area contributed by atoms with Gasteiger partial charge in [-0.1, -0.05) is 0 Å². The van der Waals surface area contributed by atoms with Crippen LogP contribution in [-0.2, 0) is 16.6 Å². The highest BCUT2D eigenvalue weighted by molar-refractivity contribution is 7.89. The molecule has 0 saturated heterocycles. The van der Waals surface area contributed by atoms with Gasteiger partial charge in [0.05, 0.1) is 18.0 Å². The number of nitrogens with zero attached hydrogens (tertiary/aromatic N) is 2. The second-order valence-electron chi connectivity index (χ2n) is 2.96. The summed E-state index contributed by atoms with van der Waals surface area (Å²) in [5, 5.41) is 10.2. The van der Waals surface area contributed by atoms with E-state index >= 15 is 0 Å². The van der Waals surface area contributed by atoms with Crippen molar-refractivity contribution < 1.29 is 8.42 Å². The molecule has 0 amide bonds. The van der Waals surface area contributed by atoms with Gasteiger partial charge >= 0.3 is 0 Å². The minimum Gasteiger partial charge on any atom is -0.319 e. The topological polar surface area (TPSA) is 84.0 Å². The maximum atomic E-state index is 11.4. The fourth-order valence-corrected chi connectivity index (χ4v) is 1.91. The molecule has 0 bridgehead atoms. The summed E-state index contributed by atoms with van der Waals surface area (Å²) in [7, 11) is -1.52. The lowest BCUT2D eigenvalue weighted by Crippen LogP contribution is -2.30. The lowest BCUT2D eigenvalue weighted by atomic mass is 10.4. The molecule has 0 spiro atoms. The van der Waals surface area contributed by atoms with Gasteiger partial charge in [0.15, 0.2) is 0 Å². The van der Waals surface area contributed by atoms with Crippen LogP contribution in [0.2, 0.25) is 0 Å². The first kappa shape index (κ1) is 12.0. The Kier molecular flexibility index (Phi) is 4.60. The molecular weight excluding hydrogens is 216 g/mol. The largest absolute Gasteiger partial charge is 0.319 e. The number of aromatic nitrogens is 2. The summed E-state index contributed by atoms with van der Waals surface area (Å²) < 4.78 is 25.2. The molecule has 15 heavy (non-hydrogen) atoms. The summed E-state index contributed by atoms with van der Waals surface area (Å²) in [5.41, 5.74) is 0.602.